The van der Waals surface area contributed by atoms with Crippen LogP contribution in [0.1, 0.15) is 41.0 Å². The minimum atomic E-state index is -0.0427. The van der Waals surface area contributed by atoms with E-state index >= 15 is 0 Å². The summed E-state index contributed by atoms with van der Waals surface area (Å²) in [7, 11) is 1.81. The summed E-state index contributed by atoms with van der Waals surface area (Å²) in [6, 6.07) is 1.30. The maximum atomic E-state index is 5.54. The van der Waals surface area contributed by atoms with Crippen LogP contribution in [0.15, 0.2) is 0 Å². The van der Waals surface area contributed by atoms with Gasteiger partial charge in [0.1, 0.15) is 0 Å². The van der Waals surface area contributed by atoms with Gasteiger partial charge < -0.3 is 10.1 Å². The molecule has 0 aromatic rings. The third-order valence-corrected chi connectivity index (χ3v) is 4.30. The Morgan fingerprint density at radius 2 is 2.00 bits per heavy atom. The first-order valence-corrected chi connectivity index (χ1v) is 6.94. The molecule has 0 aromatic heterocycles. The minimum Gasteiger partial charge on any atom is -0.377 e. The van der Waals surface area contributed by atoms with E-state index in [9.17, 15) is 0 Å². The van der Waals surface area contributed by atoms with Crippen molar-refractivity contribution in [3.63, 3.8) is 0 Å². The van der Waals surface area contributed by atoms with Gasteiger partial charge in [-0.3, -0.25) is 4.90 Å². The molecule has 102 valence electrons. The molecule has 1 saturated heterocycles. The zero-order valence-corrected chi connectivity index (χ0v) is 12.4. The smallest absolute Gasteiger partial charge is 0.0749 e. The molecule has 1 rings (SSSR count). The van der Waals surface area contributed by atoms with Crippen LogP contribution >= 0.6 is 0 Å². The van der Waals surface area contributed by atoms with Crippen LogP contribution in [-0.4, -0.2) is 49.3 Å². The Labute approximate surface area is 107 Å². The lowest BCUT2D eigenvalue weighted by Gasteiger charge is -2.45. The van der Waals surface area contributed by atoms with Crippen molar-refractivity contribution in [2.45, 2.75) is 58.7 Å². The largest absolute Gasteiger partial charge is 0.377 e. The zero-order valence-electron chi connectivity index (χ0n) is 12.4. The van der Waals surface area contributed by atoms with E-state index in [2.05, 4.69) is 44.8 Å². The van der Waals surface area contributed by atoms with E-state index in [1.165, 1.54) is 13.0 Å². The number of hydrogen-bond donors (Lipinski definition) is 1. The van der Waals surface area contributed by atoms with Gasteiger partial charge in [0.05, 0.1) is 5.60 Å². The van der Waals surface area contributed by atoms with E-state index in [-0.39, 0.29) is 5.60 Å². The molecule has 0 amide bonds. The lowest BCUT2D eigenvalue weighted by Crippen LogP contribution is -2.56. The van der Waals surface area contributed by atoms with Gasteiger partial charge in [0.2, 0.25) is 0 Å². The van der Waals surface area contributed by atoms with Crippen LogP contribution in [0.4, 0.5) is 0 Å². The SMILES string of the molecule is CCNC1CCN(CC(C)(C)OC)C(C)C1C. The molecule has 3 unspecified atom stereocenters. The van der Waals surface area contributed by atoms with Gasteiger partial charge in [0, 0.05) is 32.3 Å². The first-order chi connectivity index (χ1) is 7.91. The van der Waals surface area contributed by atoms with Gasteiger partial charge in [0.15, 0.2) is 0 Å². The van der Waals surface area contributed by atoms with Gasteiger partial charge in [0.25, 0.3) is 0 Å². The van der Waals surface area contributed by atoms with Crippen molar-refractivity contribution in [2.24, 2.45) is 5.92 Å². The average Bonchev–Trinajstić information content (AvgIpc) is 2.29. The number of methoxy groups -OCH3 is 1. The van der Waals surface area contributed by atoms with Crippen LogP contribution in [0.3, 0.4) is 0 Å². The van der Waals surface area contributed by atoms with Crippen LogP contribution in [0, 0.1) is 5.92 Å². The van der Waals surface area contributed by atoms with Crippen molar-refractivity contribution in [1.29, 1.82) is 0 Å². The Hall–Kier alpha value is -0.120. The third-order valence-electron chi connectivity index (χ3n) is 4.30. The molecule has 0 saturated carbocycles. The molecule has 0 radical (unpaired) electrons. The summed E-state index contributed by atoms with van der Waals surface area (Å²) < 4.78 is 5.54. The second-order valence-electron chi connectivity index (χ2n) is 5.99. The van der Waals surface area contributed by atoms with Crippen molar-refractivity contribution >= 4 is 0 Å². The topological polar surface area (TPSA) is 24.5 Å². The number of nitrogens with one attached hydrogen (secondary N) is 1. The Morgan fingerprint density at radius 1 is 1.35 bits per heavy atom. The molecule has 3 heteroatoms. The van der Waals surface area contributed by atoms with Crippen LogP contribution < -0.4 is 5.32 Å². The highest BCUT2D eigenvalue weighted by Crippen LogP contribution is 2.25. The summed E-state index contributed by atoms with van der Waals surface area (Å²) in [6.45, 7) is 14.5. The van der Waals surface area contributed by atoms with Crippen LogP contribution in [0.2, 0.25) is 0 Å². The number of ether oxygens (including phenoxy) is 1. The summed E-state index contributed by atoms with van der Waals surface area (Å²) in [5.41, 5.74) is -0.0427. The van der Waals surface area contributed by atoms with E-state index in [4.69, 9.17) is 4.74 Å². The van der Waals surface area contributed by atoms with E-state index in [1.807, 2.05) is 0 Å². The number of nitrogens with zero attached hydrogens (tertiary/aromatic N) is 1. The van der Waals surface area contributed by atoms with Crippen molar-refractivity contribution in [1.82, 2.24) is 10.2 Å². The summed E-state index contributed by atoms with van der Waals surface area (Å²) in [5.74, 6) is 0.705. The molecule has 0 bridgehead atoms. The van der Waals surface area contributed by atoms with Gasteiger partial charge >= 0.3 is 0 Å². The van der Waals surface area contributed by atoms with Crippen LogP contribution in [0.25, 0.3) is 0 Å². The van der Waals surface area contributed by atoms with Gasteiger partial charge in [-0.15, -0.1) is 0 Å². The molecule has 0 aromatic carbocycles. The molecule has 1 fully saturated rings. The molecule has 0 aliphatic carbocycles. The van der Waals surface area contributed by atoms with Gasteiger partial charge in [-0.1, -0.05) is 13.8 Å². The molecule has 0 spiro atoms. The average molecular weight is 242 g/mol. The molecule has 3 nitrogen and oxygen atoms in total. The van der Waals surface area contributed by atoms with E-state index in [0.717, 1.165) is 13.1 Å². The van der Waals surface area contributed by atoms with Crippen molar-refractivity contribution in [2.75, 3.05) is 26.7 Å². The van der Waals surface area contributed by atoms with Crippen LogP contribution in [-0.2, 0) is 4.74 Å². The Kier molecular flexibility index (Phi) is 5.42. The summed E-state index contributed by atoms with van der Waals surface area (Å²) in [5, 5.41) is 3.60. The minimum absolute atomic E-state index is 0.0427. The fourth-order valence-corrected chi connectivity index (χ4v) is 2.77. The first-order valence-electron chi connectivity index (χ1n) is 6.94. The van der Waals surface area contributed by atoms with E-state index < -0.39 is 0 Å². The fourth-order valence-electron chi connectivity index (χ4n) is 2.77. The maximum absolute atomic E-state index is 5.54. The Balaban J connectivity index is 2.56. The maximum Gasteiger partial charge on any atom is 0.0749 e. The number of rotatable bonds is 5. The third kappa shape index (κ3) is 3.94. The number of likely N-dealkylation sites (tertiary alicyclic amines) is 1. The molecular weight excluding hydrogens is 212 g/mol. The van der Waals surface area contributed by atoms with Crippen molar-refractivity contribution < 1.29 is 4.74 Å². The zero-order chi connectivity index (χ0) is 13.1. The molecule has 1 aliphatic rings. The van der Waals surface area contributed by atoms with Gasteiger partial charge in [-0.2, -0.15) is 0 Å². The quantitative estimate of drug-likeness (QED) is 0.799. The van der Waals surface area contributed by atoms with E-state index in [0.29, 0.717) is 18.0 Å². The second-order valence-corrected chi connectivity index (χ2v) is 5.99. The predicted octanol–water partition coefficient (Wildman–Crippen LogP) is 2.12. The molecule has 1 heterocycles. The standard InChI is InChI=1S/C14H30N2O/c1-7-15-13-8-9-16(12(3)11(13)2)10-14(4,5)17-6/h11-13,15H,7-10H2,1-6H3. The van der Waals surface area contributed by atoms with Gasteiger partial charge in [-0.25, -0.2) is 0 Å². The highest BCUT2D eigenvalue weighted by Gasteiger charge is 2.34. The summed E-state index contributed by atoms with van der Waals surface area (Å²) >= 11 is 0. The Morgan fingerprint density at radius 3 is 2.53 bits per heavy atom. The number of piperidine rings is 1. The van der Waals surface area contributed by atoms with Crippen LogP contribution in [0.5, 0.6) is 0 Å². The highest BCUT2D eigenvalue weighted by atomic mass is 16.5. The predicted molar refractivity (Wildman–Crippen MR) is 73.4 cm³/mol. The summed E-state index contributed by atoms with van der Waals surface area (Å²) in [6.07, 6.45) is 1.25. The van der Waals surface area contributed by atoms with E-state index in [1.54, 1.807) is 7.11 Å². The Bertz CT molecular complexity index is 230. The normalized spacial score (nSPS) is 31.8. The second kappa shape index (κ2) is 6.17. The monoisotopic (exact) mass is 242 g/mol. The highest BCUT2D eigenvalue weighted by molar-refractivity contribution is 4.90. The molecule has 1 N–H and O–H groups in total. The van der Waals surface area contributed by atoms with Gasteiger partial charge in [-0.05, 0) is 39.7 Å². The lowest BCUT2D eigenvalue weighted by atomic mass is 9.86. The molecule has 17 heavy (non-hydrogen) atoms. The fraction of sp³-hybridized carbons (Fsp3) is 1.00. The first kappa shape index (κ1) is 14.9. The number of hydrogen-bond acceptors (Lipinski definition) is 3. The molecular formula is C14H30N2O. The van der Waals surface area contributed by atoms with Crippen molar-refractivity contribution in [3.05, 3.63) is 0 Å². The lowest BCUT2D eigenvalue weighted by molar-refractivity contribution is -0.0347. The van der Waals surface area contributed by atoms with Crippen molar-refractivity contribution in [3.8, 4) is 0 Å². The molecule has 1 aliphatic heterocycles. The molecule has 3 atom stereocenters. The summed E-state index contributed by atoms with van der Waals surface area (Å²) in [4.78, 5) is 2.57.